The normalized spacial score (nSPS) is 18.6. The van der Waals surface area contributed by atoms with Crippen molar-refractivity contribution in [2.24, 2.45) is 0 Å². The molecule has 1 atom stereocenters. The van der Waals surface area contributed by atoms with Crippen LogP contribution in [0.4, 0.5) is 0 Å². The summed E-state index contributed by atoms with van der Waals surface area (Å²) in [6.07, 6.45) is 17.6. The van der Waals surface area contributed by atoms with Crippen LogP contribution in [0.25, 0.3) is 0 Å². The molecule has 0 aliphatic carbocycles. The lowest BCUT2D eigenvalue weighted by Crippen LogP contribution is -2.41. The average Bonchev–Trinajstić information content (AvgIpc) is 2.85. The molecule has 0 fully saturated rings. The van der Waals surface area contributed by atoms with E-state index in [0.29, 0.717) is 12.2 Å². The van der Waals surface area contributed by atoms with E-state index in [1.54, 1.807) is 0 Å². The smallest absolute Gasteiger partial charge is 0.101 e. The average molecular weight is 281 g/mol. The van der Waals surface area contributed by atoms with Crippen LogP contribution in [0.2, 0.25) is 0 Å². The summed E-state index contributed by atoms with van der Waals surface area (Å²) in [5.74, 6) is 0. The van der Waals surface area contributed by atoms with E-state index in [4.69, 9.17) is 0 Å². The third kappa shape index (κ3) is 5.76. The molecule has 118 valence electrons. The summed E-state index contributed by atoms with van der Waals surface area (Å²) < 4.78 is 0. The van der Waals surface area contributed by atoms with Gasteiger partial charge < -0.3 is 9.80 Å². The lowest BCUT2D eigenvalue weighted by molar-refractivity contribution is 0.121. The summed E-state index contributed by atoms with van der Waals surface area (Å²) >= 11 is 0. The van der Waals surface area contributed by atoms with E-state index in [1.165, 1.54) is 64.3 Å². The molecule has 2 heteroatoms. The van der Waals surface area contributed by atoms with Gasteiger partial charge in [-0.15, -0.1) is 0 Å². The van der Waals surface area contributed by atoms with E-state index in [1.807, 2.05) is 0 Å². The fourth-order valence-electron chi connectivity index (χ4n) is 3.15. The highest BCUT2D eigenvalue weighted by Crippen LogP contribution is 2.22. The van der Waals surface area contributed by atoms with Crippen LogP contribution in [-0.2, 0) is 0 Å². The predicted octanol–water partition coefficient (Wildman–Crippen LogP) is 5.36. The Morgan fingerprint density at radius 2 is 1.45 bits per heavy atom. The van der Waals surface area contributed by atoms with Crippen LogP contribution >= 0.6 is 0 Å². The Kier molecular flexibility index (Phi) is 8.80. The van der Waals surface area contributed by atoms with Gasteiger partial charge in [-0.2, -0.15) is 0 Å². The van der Waals surface area contributed by atoms with Crippen molar-refractivity contribution < 1.29 is 0 Å². The quantitative estimate of drug-likeness (QED) is 0.470. The van der Waals surface area contributed by atoms with Crippen molar-refractivity contribution in [3.05, 3.63) is 12.4 Å². The zero-order chi connectivity index (χ0) is 14.8. The molecule has 1 rings (SSSR count). The molecular weight excluding hydrogens is 244 g/mol. The van der Waals surface area contributed by atoms with E-state index in [-0.39, 0.29) is 0 Å². The number of unbranched alkanes of at least 4 members (excludes halogenated alkanes) is 7. The molecule has 0 N–H and O–H groups in total. The molecule has 0 saturated carbocycles. The van der Waals surface area contributed by atoms with E-state index < -0.39 is 0 Å². The minimum Gasteiger partial charge on any atom is -0.356 e. The summed E-state index contributed by atoms with van der Waals surface area (Å²) in [6, 6.07) is 0.611. The molecule has 0 saturated heterocycles. The van der Waals surface area contributed by atoms with Crippen molar-refractivity contribution in [1.82, 2.24) is 9.80 Å². The van der Waals surface area contributed by atoms with E-state index >= 15 is 0 Å². The Morgan fingerprint density at radius 1 is 0.850 bits per heavy atom. The zero-order valence-corrected chi connectivity index (χ0v) is 14.3. The molecule has 0 aromatic carbocycles. The monoisotopic (exact) mass is 280 g/mol. The maximum atomic E-state index is 2.54. The van der Waals surface area contributed by atoms with Crippen molar-refractivity contribution in [1.29, 1.82) is 0 Å². The van der Waals surface area contributed by atoms with Gasteiger partial charge in [-0.05, 0) is 26.7 Å². The van der Waals surface area contributed by atoms with Gasteiger partial charge in [0, 0.05) is 25.0 Å². The lowest BCUT2D eigenvalue weighted by Gasteiger charge is -2.34. The number of rotatable bonds is 11. The van der Waals surface area contributed by atoms with Gasteiger partial charge in [0.2, 0.25) is 0 Å². The van der Waals surface area contributed by atoms with Gasteiger partial charge in [0.05, 0.1) is 0 Å². The Bertz CT molecular complexity index is 260. The highest BCUT2D eigenvalue weighted by molar-refractivity contribution is 4.97. The first-order valence-electron chi connectivity index (χ1n) is 8.92. The Balaban J connectivity index is 2.09. The predicted molar refractivity (Wildman–Crippen MR) is 89.5 cm³/mol. The highest BCUT2D eigenvalue weighted by Gasteiger charge is 2.25. The van der Waals surface area contributed by atoms with Crippen LogP contribution in [0.5, 0.6) is 0 Å². The first kappa shape index (κ1) is 17.4. The van der Waals surface area contributed by atoms with E-state index in [9.17, 15) is 0 Å². The molecule has 0 aromatic rings. The van der Waals surface area contributed by atoms with Crippen LogP contribution in [0.3, 0.4) is 0 Å². The molecule has 0 spiro atoms. The Hall–Kier alpha value is -0.660. The summed E-state index contributed by atoms with van der Waals surface area (Å²) in [7, 11) is 0. The van der Waals surface area contributed by atoms with Gasteiger partial charge in [0.1, 0.15) is 6.17 Å². The minimum atomic E-state index is 0.597. The van der Waals surface area contributed by atoms with Crippen molar-refractivity contribution in [3.8, 4) is 0 Å². The summed E-state index contributed by atoms with van der Waals surface area (Å²) in [6.45, 7) is 10.4. The van der Waals surface area contributed by atoms with E-state index in [0.717, 1.165) is 0 Å². The number of hydrogen-bond donors (Lipinski definition) is 0. The summed E-state index contributed by atoms with van der Waals surface area (Å²) in [5, 5.41) is 0. The molecule has 1 aliphatic heterocycles. The summed E-state index contributed by atoms with van der Waals surface area (Å²) in [5.41, 5.74) is 0. The van der Waals surface area contributed by atoms with Gasteiger partial charge in [0.25, 0.3) is 0 Å². The van der Waals surface area contributed by atoms with Gasteiger partial charge in [0.15, 0.2) is 0 Å². The van der Waals surface area contributed by atoms with Crippen LogP contribution in [-0.4, -0.2) is 28.6 Å². The second kappa shape index (κ2) is 10.1. The Morgan fingerprint density at radius 3 is 2.00 bits per heavy atom. The number of hydrogen-bond acceptors (Lipinski definition) is 2. The van der Waals surface area contributed by atoms with Crippen LogP contribution < -0.4 is 0 Å². The second-order valence-corrected chi connectivity index (χ2v) is 6.44. The maximum Gasteiger partial charge on any atom is 0.101 e. The molecule has 1 unspecified atom stereocenters. The molecule has 20 heavy (non-hydrogen) atoms. The van der Waals surface area contributed by atoms with Gasteiger partial charge in [-0.25, -0.2) is 0 Å². The third-order valence-electron chi connectivity index (χ3n) is 4.39. The second-order valence-electron chi connectivity index (χ2n) is 6.44. The van der Waals surface area contributed by atoms with Crippen molar-refractivity contribution in [2.75, 3.05) is 6.54 Å². The minimum absolute atomic E-state index is 0.597. The molecule has 0 radical (unpaired) electrons. The first-order chi connectivity index (χ1) is 9.70. The number of nitrogens with zero attached hydrogens (tertiary/aromatic N) is 2. The van der Waals surface area contributed by atoms with E-state index in [2.05, 4.69) is 49.9 Å². The van der Waals surface area contributed by atoms with Gasteiger partial charge >= 0.3 is 0 Å². The molecule has 0 amide bonds. The zero-order valence-electron chi connectivity index (χ0n) is 14.3. The lowest BCUT2D eigenvalue weighted by atomic mass is 10.1. The fraction of sp³-hybridized carbons (Fsp3) is 0.889. The van der Waals surface area contributed by atoms with Crippen LogP contribution in [0, 0.1) is 0 Å². The van der Waals surface area contributed by atoms with Gasteiger partial charge in [-0.3, -0.25) is 0 Å². The molecule has 1 aliphatic rings. The van der Waals surface area contributed by atoms with Crippen molar-refractivity contribution in [2.45, 2.75) is 97.7 Å². The highest BCUT2D eigenvalue weighted by atomic mass is 15.4. The first-order valence-corrected chi connectivity index (χ1v) is 8.92. The molecule has 1 heterocycles. The Labute approximate surface area is 127 Å². The molecule has 0 aromatic heterocycles. The van der Waals surface area contributed by atoms with Gasteiger partial charge in [-0.1, -0.05) is 58.8 Å². The topological polar surface area (TPSA) is 6.48 Å². The maximum absolute atomic E-state index is 2.54. The molecule has 2 nitrogen and oxygen atoms in total. The van der Waals surface area contributed by atoms with Crippen molar-refractivity contribution in [3.63, 3.8) is 0 Å². The molecule has 0 bridgehead atoms. The fourth-order valence-corrected chi connectivity index (χ4v) is 3.15. The standard InChI is InChI=1S/C18H36N2/c1-5-7-8-9-10-11-12-13-14-19-15-16-20(17(3)4)18(19)6-2/h15-18H,5-14H2,1-4H3. The molecular formula is C18H36N2. The largest absolute Gasteiger partial charge is 0.356 e. The van der Waals surface area contributed by atoms with Crippen molar-refractivity contribution >= 4 is 0 Å². The van der Waals surface area contributed by atoms with Crippen LogP contribution in [0.1, 0.15) is 85.5 Å². The SMILES string of the molecule is CCCCCCCCCCN1C=CN(C(C)C)C1CC. The summed E-state index contributed by atoms with van der Waals surface area (Å²) in [4.78, 5) is 5.03. The third-order valence-corrected chi connectivity index (χ3v) is 4.39. The van der Waals surface area contributed by atoms with Crippen LogP contribution in [0.15, 0.2) is 12.4 Å².